The van der Waals surface area contributed by atoms with Gasteiger partial charge in [0, 0.05) is 32.2 Å². The minimum Gasteiger partial charge on any atom is -0.539 e. The topological polar surface area (TPSA) is 126 Å². The van der Waals surface area contributed by atoms with Gasteiger partial charge in [-0.15, -0.1) is 0 Å². The number of carbonyl (C=O) groups excluding carboxylic acids is 2. The van der Waals surface area contributed by atoms with Crippen molar-refractivity contribution >= 4 is 20.2 Å². The molecule has 61 heavy (non-hydrogen) atoms. The molecular formula is C47H67N3O10Si. The summed E-state index contributed by atoms with van der Waals surface area (Å²) >= 11 is 0. The van der Waals surface area contributed by atoms with Gasteiger partial charge in [-0.2, -0.15) is 0 Å². The second-order valence-electron chi connectivity index (χ2n) is 17.8. The number of amides is 1. The third-order valence-electron chi connectivity index (χ3n) is 12.9. The van der Waals surface area contributed by atoms with Gasteiger partial charge in [-0.1, -0.05) is 39.0 Å². The molecule has 3 fully saturated rings. The van der Waals surface area contributed by atoms with Crippen LogP contribution < -0.4 is 33.4 Å². The van der Waals surface area contributed by atoms with Crippen LogP contribution in [0, 0.1) is 0 Å². The van der Waals surface area contributed by atoms with E-state index in [9.17, 15) is 9.59 Å². The number of nitrogens with one attached hydrogen (secondary N) is 1. The van der Waals surface area contributed by atoms with Gasteiger partial charge in [0.2, 0.25) is 5.91 Å². The zero-order chi connectivity index (χ0) is 44.0. The first-order valence-electron chi connectivity index (χ1n) is 21.6. The van der Waals surface area contributed by atoms with Gasteiger partial charge in [0.25, 0.3) is 8.32 Å². The number of carbonyl (C=O) groups is 2. The Bertz CT molecular complexity index is 1960. The van der Waals surface area contributed by atoms with E-state index in [1.807, 2.05) is 61.5 Å². The number of esters is 1. The molecule has 3 saturated heterocycles. The summed E-state index contributed by atoms with van der Waals surface area (Å²) in [5.41, 5.74) is 1.18. The number of benzene rings is 3. The van der Waals surface area contributed by atoms with Gasteiger partial charge < -0.3 is 42.5 Å². The molecule has 1 N–H and O–H groups in total. The van der Waals surface area contributed by atoms with Gasteiger partial charge in [0.1, 0.15) is 18.5 Å². The SMILES string of the molecule is COc1ccc(CC[C@@H](OC(=O)[C@]23CCCCN2C(=O)C(c2cc(OC)c(O[Si](C)(C)C(C)(C)C)c(OC)c2)C(C)N3)c2cccc(OCCN3CCOCC3)c2)cc1OC. The van der Waals surface area contributed by atoms with Crippen molar-refractivity contribution in [3.05, 3.63) is 71.3 Å². The van der Waals surface area contributed by atoms with Crippen LogP contribution in [0.4, 0.5) is 0 Å². The Morgan fingerprint density at radius 1 is 0.902 bits per heavy atom. The average Bonchev–Trinajstić information content (AvgIpc) is 3.25. The maximum absolute atomic E-state index is 14.9. The minimum absolute atomic E-state index is 0.0619. The number of aryl methyl sites for hydroxylation is 1. The lowest BCUT2D eigenvalue weighted by Crippen LogP contribution is -2.74. The number of fused-ring (bicyclic) bond motifs is 1. The summed E-state index contributed by atoms with van der Waals surface area (Å²) in [4.78, 5) is 33.9. The van der Waals surface area contributed by atoms with E-state index in [-0.39, 0.29) is 10.9 Å². The smallest absolute Gasteiger partial charge is 0.347 e. The van der Waals surface area contributed by atoms with E-state index in [0.717, 1.165) is 56.8 Å². The largest absolute Gasteiger partial charge is 0.539 e. The lowest BCUT2D eigenvalue weighted by atomic mass is 9.81. The van der Waals surface area contributed by atoms with E-state index in [0.29, 0.717) is 72.5 Å². The van der Waals surface area contributed by atoms with Crippen LogP contribution >= 0.6 is 0 Å². The molecule has 6 rings (SSSR count). The van der Waals surface area contributed by atoms with Gasteiger partial charge in [-0.25, -0.2) is 4.79 Å². The van der Waals surface area contributed by atoms with E-state index in [4.69, 9.17) is 37.6 Å². The highest BCUT2D eigenvalue weighted by Crippen LogP contribution is 2.48. The molecule has 3 aromatic rings. The van der Waals surface area contributed by atoms with Crippen molar-refractivity contribution in [1.82, 2.24) is 15.1 Å². The highest BCUT2D eigenvalue weighted by atomic mass is 28.4. The van der Waals surface area contributed by atoms with E-state index >= 15 is 0 Å². The number of ether oxygens (including phenoxy) is 7. The van der Waals surface area contributed by atoms with Crippen molar-refractivity contribution < 1.29 is 47.2 Å². The molecule has 0 radical (unpaired) electrons. The standard InChI is InChI=1S/C47H67N3O10Si/c1-32-42(35-30-40(55-7)43(41(31-35)56-8)60-61(9,10)46(2,3)4)44(51)50-21-12-11-20-47(50,48-32)45(52)59-37(18-16-33-17-19-38(53-5)39(28-33)54-6)34-14-13-15-36(29-34)58-27-24-49-22-25-57-26-23-49/h13-15,17,19,28-32,37,42,48H,11-12,16,18,20-27H2,1-10H3/t32?,37-,42?,47+/m1/s1. The third-order valence-corrected chi connectivity index (χ3v) is 17.2. The molecule has 4 atom stereocenters. The molecule has 3 aliphatic rings. The summed E-state index contributed by atoms with van der Waals surface area (Å²) in [6, 6.07) is 16.9. The van der Waals surface area contributed by atoms with E-state index in [2.05, 4.69) is 44.1 Å². The quantitative estimate of drug-likeness (QED) is 0.107. The molecule has 0 aliphatic carbocycles. The van der Waals surface area contributed by atoms with E-state index < -0.39 is 38.0 Å². The molecule has 3 aromatic carbocycles. The second-order valence-corrected chi connectivity index (χ2v) is 22.6. The zero-order valence-electron chi connectivity index (χ0n) is 37.9. The minimum atomic E-state index is -2.28. The van der Waals surface area contributed by atoms with E-state index in [1.165, 1.54) is 0 Å². The molecule has 0 saturated carbocycles. The normalized spacial score (nSPS) is 21.5. The lowest BCUT2D eigenvalue weighted by Gasteiger charge is -2.53. The fourth-order valence-electron chi connectivity index (χ4n) is 8.33. The Labute approximate surface area is 363 Å². The maximum atomic E-state index is 14.9. The molecule has 1 amide bonds. The number of morpholine rings is 1. The van der Waals surface area contributed by atoms with Crippen LogP contribution in [0.25, 0.3) is 0 Å². The van der Waals surface area contributed by atoms with Crippen LogP contribution in [-0.4, -0.2) is 116 Å². The van der Waals surface area contributed by atoms with Gasteiger partial charge in [0.15, 0.2) is 34.4 Å². The maximum Gasteiger partial charge on any atom is 0.347 e. The summed E-state index contributed by atoms with van der Waals surface area (Å²) in [5, 5.41) is 3.58. The van der Waals surface area contributed by atoms with Crippen LogP contribution in [0.5, 0.6) is 34.5 Å². The summed E-state index contributed by atoms with van der Waals surface area (Å²) in [6.45, 7) is 17.8. The number of hydrogen-bond acceptors (Lipinski definition) is 12. The zero-order valence-corrected chi connectivity index (χ0v) is 38.9. The fraction of sp³-hybridized carbons (Fsp3) is 0.574. The van der Waals surface area contributed by atoms with Gasteiger partial charge in [-0.05, 0) is 110 Å². The first-order valence-corrected chi connectivity index (χ1v) is 24.5. The number of hydrogen-bond donors (Lipinski definition) is 1. The van der Waals surface area contributed by atoms with Crippen molar-refractivity contribution in [3.63, 3.8) is 0 Å². The summed E-state index contributed by atoms with van der Waals surface area (Å²) in [6.07, 6.45) is 2.36. The highest BCUT2D eigenvalue weighted by molar-refractivity contribution is 6.74. The van der Waals surface area contributed by atoms with Gasteiger partial charge in [-0.3, -0.25) is 15.0 Å². The van der Waals surface area contributed by atoms with Crippen LogP contribution in [0.3, 0.4) is 0 Å². The molecular weight excluding hydrogens is 795 g/mol. The summed E-state index contributed by atoms with van der Waals surface area (Å²) in [5.74, 6) is 2.24. The first kappa shape index (κ1) is 46.0. The summed E-state index contributed by atoms with van der Waals surface area (Å²) in [7, 11) is 4.14. The monoisotopic (exact) mass is 861 g/mol. The van der Waals surface area contributed by atoms with E-state index in [1.54, 1.807) is 33.3 Å². The van der Waals surface area contributed by atoms with Crippen LogP contribution in [-0.2, 0) is 25.5 Å². The molecule has 2 unspecified atom stereocenters. The molecule has 0 bridgehead atoms. The predicted molar refractivity (Wildman–Crippen MR) is 237 cm³/mol. The van der Waals surface area contributed by atoms with Crippen molar-refractivity contribution in [2.75, 3.05) is 74.4 Å². The Kier molecular flexibility index (Phi) is 14.8. The lowest BCUT2D eigenvalue weighted by molar-refractivity contribution is -0.182. The molecule has 13 nitrogen and oxygen atoms in total. The number of rotatable bonds is 17. The van der Waals surface area contributed by atoms with Crippen molar-refractivity contribution in [1.29, 1.82) is 0 Å². The number of piperidine rings is 1. The molecule has 3 aliphatic heterocycles. The van der Waals surface area contributed by atoms with Gasteiger partial charge >= 0.3 is 5.97 Å². The van der Waals surface area contributed by atoms with Crippen molar-refractivity contribution in [3.8, 4) is 34.5 Å². The van der Waals surface area contributed by atoms with Crippen LogP contribution in [0.1, 0.15) is 82.1 Å². The first-order chi connectivity index (χ1) is 29.1. The Balaban J connectivity index is 1.27. The number of methoxy groups -OCH3 is 4. The Hall–Kier alpha value is -4.50. The molecule has 0 spiro atoms. The predicted octanol–water partition coefficient (Wildman–Crippen LogP) is 7.52. The molecule has 14 heteroatoms. The second kappa shape index (κ2) is 19.7. The molecule has 0 aromatic heterocycles. The van der Waals surface area contributed by atoms with Crippen molar-refractivity contribution in [2.45, 2.75) is 102 Å². The third kappa shape index (κ3) is 10.2. The molecule has 334 valence electrons. The number of nitrogens with zero attached hydrogens (tertiary/aromatic N) is 2. The van der Waals surface area contributed by atoms with Gasteiger partial charge in [0.05, 0.1) is 47.6 Å². The van der Waals surface area contributed by atoms with Crippen LogP contribution in [0.15, 0.2) is 54.6 Å². The molecule has 3 heterocycles. The highest BCUT2D eigenvalue weighted by Gasteiger charge is 2.56. The van der Waals surface area contributed by atoms with Crippen molar-refractivity contribution in [2.24, 2.45) is 0 Å². The average molecular weight is 862 g/mol. The fourth-order valence-corrected chi connectivity index (χ4v) is 9.35. The Morgan fingerprint density at radius 3 is 2.25 bits per heavy atom. The van der Waals surface area contributed by atoms with Crippen LogP contribution in [0.2, 0.25) is 18.1 Å². The summed E-state index contributed by atoms with van der Waals surface area (Å²) < 4.78 is 48.0. The Morgan fingerprint density at radius 2 is 1.59 bits per heavy atom.